The summed E-state index contributed by atoms with van der Waals surface area (Å²) in [5.74, 6) is 0.196. The smallest absolute Gasteiger partial charge is 0.313 e. The van der Waals surface area contributed by atoms with Crippen LogP contribution in [0, 0.1) is 6.92 Å². The largest absolute Gasteiger partial charge is 0.481 e. The second-order valence-electron chi connectivity index (χ2n) is 3.97. The molecule has 0 saturated heterocycles. The van der Waals surface area contributed by atoms with E-state index in [-0.39, 0.29) is 5.75 Å². The molecule has 0 aromatic carbocycles. The van der Waals surface area contributed by atoms with Gasteiger partial charge in [-0.25, -0.2) is 0 Å². The lowest BCUT2D eigenvalue weighted by atomic mass is 10.3. The molecule has 102 valence electrons. The number of carboxylic acids is 1. The molecule has 2 aromatic rings. The van der Waals surface area contributed by atoms with Crippen molar-refractivity contribution < 1.29 is 14.4 Å². The number of carbonyl (C=O) groups is 1. The van der Waals surface area contributed by atoms with E-state index in [2.05, 4.69) is 15.4 Å². The quantitative estimate of drug-likeness (QED) is 0.807. The minimum atomic E-state index is -0.881. The van der Waals surface area contributed by atoms with E-state index in [0.717, 1.165) is 23.9 Å². The second kappa shape index (κ2) is 5.87. The van der Waals surface area contributed by atoms with Gasteiger partial charge in [-0.3, -0.25) is 9.36 Å². The highest BCUT2D eigenvalue weighted by Crippen LogP contribution is 2.24. The summed E-state index contributed by atoms with van der Waals surface area (Å²) in [6.45, 7) is 4.55. The van der Waals surface area contributed by atoms with Gasteiger partial charge in [-0.2, -0.15) is 0 Å². The standard InChI is InChI=1S/C11H14N4O3S/c1-3-4-15-10(8-5-7(2)14-18-8)12-13-11(15)19-6-9(16)17/h5H,3-4,6H2,1-2H3,(H,16,17). The maximum absolute atomic E-state index is 10.6. The Balaban J connectivity index is 2.31. The number of aliphatic carboxylic acids is 1. The van der Waals surface area contributed by atoms with Gasteiger partial charge in [0.15, 0.2) is 5.16 Å². The SMILES string of the molecule is CCCn1c(SCC(=O)O)nnc1-c1cc(C)no1. The van der Waals surface area contributed by atoms with Gasteiger partial charge in [0, 0.05) is 12.6 Å². The third-order valence-electron chi connectivity index (χ3n) is 2.34. The average Bonchev–Trinajstić information content (AvgIpc) is 2.94. The van der Waals surface area contributed by atoms with Crippen LogP contribution in [0.15, 0.2) is 15.7 Å². The van der Waals surface area contributed by atoms with Gasteiger partial charge in [-0.1, -0.05) is 23.8 Å². The van der Waals surface area contributed by atoms with Crippen LogP contribution < -0.4 is 0 Å². The molecule has 0 radical (unpaired) electrons. The fourth-order valence-corrected chi connectivity index (χ4v) is 2.28. The zero-order chi connectivity index (χ0) is 13.8. The van der Waals surface area contributed by atoms with Gasteiger partial charge in [-0.05, 0) is 13.3 Å². The summed E-state index contributed by atoms with van der Waals surface area (Å²) in [6.07, 6.45) is 0.888. The van der Waals surface area contributed by atoms with Gasteiger partial charge >= 0.3 is 5.97 Å². The molecule has 0 fully saturated rings. The summed E-state index contributed by atoms with van der Waals surface area (Å²) in [6, 6.07) is 1.78. The molecule has 0 bridgehead atoms. The van der Waals surface area contributed by atoms with Gasteiger partial charge in [0.1, 0.15) is 0 Å². The fraction of sp³-hybridized carbons (Fsp3) is 0.455. The Morgan fingerprint density at radius 3 is 2.89 bits per heavy atom. The van der Waals surface area contributed by atoms with E-state index in [1.165, 1.54) is 0 Å². The maximum Gasteiger partial charge on any atom is 0.313 e. The van der Waals surface area contributed by atoms with Gasteiger partial charge in [0.25, 0.3) is 0 Å². The Labute approximate surface area is 114 Å². The Hall–Kier alpha value is -1.83. The molecule has 0 aliphatic carbocycles. The summed E-state index contributed by atoms with van der Waals surface area (Å²) in [5, 5.41) is 21.2. The van der Waals surface area contributed by atoms with Crippen LogP contribution in [0.5, 0.6) is 0 Å². The fourth-order valence-electron chi connectivity index (χ4n) is 1.60. The number of hydrogen-bond donors (Lipinski definition) is 1. The molecule has 0 atom stereocenters. The number of nitrogens with zero attached hydrogens (tertiary/aromatic N) is 4. The first kappa shape index (κ1) is 13.6. The first-order chi connectivity index (χ1) is 9.11. The van der Waals surface area contributed by atoms with E-state index >= 15 is 0 Å². The number of hydrogen-bond acceptors (Lipinski definition) is 6. The molecule has 2 aromatic heterocycles. The zero-order valence-corrected chi connectivity index (χ0v) is 11.5. The van der Waals surface area contributed by atoms with E-state index in [1.807, 2.05) is 18.4 Å². The Bertz CT molecular complexity index is 578. The maximum atomic E-state index is 10.6. The summed E-state index contributed by atoms with van der Waals surface area (Å²) in [7, 11) is 0. The summed E-state index contributed by atoms with van der Waals surface area (Å²) in [4.78, 5) is 10.6. The van der Waals surface area contributed by atoms with Crippen LogP contribution in [0.1, 0.15) is 19.0 Å². The topological polar surface area (TPSA) is 94.0 Å². The molecule has 1 N–H and O–H groups in total. The van der Waals surface area contributed by atoms with E-state index in [9.17, 15) is 4.79 Å². The molecular formula is C11H14N4O3S. The Kier molecular flexibility index (Phi) is 4.20. The van der Waals surface area contributed by atoms with Crippen molar-refractivity contribution in [3.05, 3.63) is 11.8 Å². The van der Waals surface area contributed by atoms with E-state index in [4.69, 9.17) is 9.63 Å². The minimum Gasteiger partial charge on any atom is -0.481 e. The highest BCUT2D eigenvalue weighted by molar-refractivity contribution is 7.99. The third-order valence-corrected chi connectivity index (χ3v) is 3.29. The Morgan fingerprint density at radius 2 is 2.32 bits per heavy atom. The first-order valence-electron chi connectivity index (χ1n) is 5.83. The van der Waals surface area contributed by atoms with E-state index in [0.29, 0.717) is 23.3 Å². The molecule has 8 heteroatoms. The zero-order valence-electron chi connectivity index (χ0n) is 10.7. The second-order valence-corrected chi connectivity index (χ2v) is 4.92. The predicted molar refractivity (Wildman–Crippen MR) is 68.9 cm³/mol. The average molecular weight is 282 g/mol. The van der Waals surface area contributed by atoms with Crippen LogP contribution in [0.2, 0.25) is 0 Å². The van der Waals surface area contributed by atoms with Crippen LogP contribution in [0.3, 0.4) is 0 Å². The number of rotatable bonds is 6. The molecule has 19 heavy (non-hydrogen) atoms. The van der Waals surface area contributed by atoms with E-state index < -0.39 is 5.97 Å². The monoisotopic (exact) mass is 282 g/mol. The lowest BCUT2D eigenvalue weighted by Crippen LogP contribution is -2.04. The summed E-state index contributed by atoms with van der Waals surface area (Å²) < 4.78 is 7.03. The van der Waals surface area contributed by atoms with Crippen molar-refractivity contribution in [1.29, 1.82) is 0 Å². The van der Waals surface area contributed by atoms with Crippen molar-refractivity contribution in [2.45, 2.75) is 32.0 Å². The predicted octanol–water partition coefficient (Wildman–Crippen LogP) is 1.83. The molecular weight excluding hydrogens is 268 g/mol. The van der Waals surface area contributed by atoms with Crippen LogP contribution in [0.4, 0.5) is 0 Å². The molecule has 7 nitrogen and oxygen atoms in total. The molecule has 2 rings (SSSR count). The molecule has 2 heterocycles. The molecule has 0 unspecified atom stereocenters. The highest BCUT2D eigenvalue weighted by atomic mass is 32.2. The van der Waals surface area contributed by atoms with Gasteiger partial charge in [-0.15, -0.1) is 10.2 Å². The molecule has 0 spiro atoms. The highest BCUT2D eigenvalue weighted by Gasteiger charge is 2.17. The van der Waals surface area contributed by atoms with Crippen molar-refractivity contribution in [3.8, 4) is 11.6 Å². The lowest BCUT2D eigenvalue weighted by Gasteiger charge is -2.05. The number of carboxylic acid groups (broad SMARTS) is 1. The Morgan fingerprint density at radius 1 is 1.53 bits per heavy atom. The molecule has 0 saturated carbocycles. The number of aryl methyl sites for hydroxylation is 1. The van der Waals surface area contributed by atoms with Crippen molar-refractivity contribution >= 4 is 17.7 Å². The molecule has 0 amide bonds. The number of aromatic nitrogens is 4. The van der Waals surface area contributed by atoms with Crippen molar-refractivity contribution in [3.63, 3.8) is 0 Å². The number of thioether (sulfide) groups is 1. The molecule has 0 aliphatic heterocycles. The first-order valence-corrected chi connectivity index (χ1v) is 6.82. The molecule has 0 aliphatic rings. The van der Waals surface area contributed by atoms with Gasteiger partial charge in [0.2, 0.25) is 11.6 Å². The normalized spacial score (nSPS) is 10.8. The van der Waals surface area contributed by atoms with Crippen LogP contribution >= 0.6 is 11.8 Å². The minimum absolute atomic E-state index is 0.0444. The van der Waals surface area contributed by atoms with Crippen molar-refractivity contribution in [2.75, 3.05) is 5.75 Å². The summed E-state index contributed by atoms with van der Waals surface area (Å²) in [5.41, 5.74) is 0.765. The van der Waals surface area contributed by atoms with Crippen molar-refractivity contribution in [1.82, 2.24) is 19.9 Å². The van der Waals surface area contributed by atoms with Crippen molar-refractivity contribution in [2.24, 2.45) is 0 Å². The van der Waals surface area contributed by atoms with Crippen LogP contribution in [-0.4, -0.2) is 36.7 Å². The third kappa shape index (κ3) is 3.14. The van der Waals surface area contributed by atoms with Crippen LogP contribution in [-0.2, 0) is 11.3 Å². The summed E-state index contributed by atoms with van der Waals surface area (Å²) >= 11 is 1.15. The lowest BCUT2D eigenvalue weighted by molar-refractivity contribution is -0.133. The van der Waals surface area contributed by atoms with Gasteiger partial charge < -0.3 is 9.63 Å². The van der Waals surface area contributed by atoms with Crippen LogP contribution in [0.25, 0.3) is 11.6 Å². The van der Waals surface area contributed by atoms with E-state index in [1.54, 1.807) is 6.07 Å². The van der Waals surface area contributed by atoms with Gasteiger partial charge in [0.05, 0.1) is 11.4 Å².